The maximum absolute atomic E-state index is 10.0. The van der Waals surface area contributed by atoms with Crippen molar-refractivity contribution in [2.24, 2.45) is 0 Å². The second kappa shape index (κ2) is 4.82. The molecule has 2 atom stereocenters. The number of imidazole rings is 1. The fraction of sp³-hybridized carbons (Fsp3) is 0.467. The number of nitrogens with zero attached hydrogens (tertiary/aromatic N) is 3. The van der Waals surface area contributed by atoms with Gasteiger partial charge in [-0.05, 0) is 25.8 Å². The van der Waals surface area contributed by atoms with Crippen LogP contribution in [-0.2, 0) is 11.3 Å². The van der Waals surface area contributed by atoms with Gasteiger partial charge in [0.25, 0.3) is 0 Å². The van der Waals surface area contributed by atoms with Crippen molar-refractivity contribution in [3.05, 3.63) is 24.3 Å². The highest BCUT2D eigenvalue weighted by Crippen LogP contribution is 2.28. The molecule has 0 saturated carbocycles. The van der Waals surface area contributed by atoms with Crippen LogP contribution in [0.1, 0.15) is 31.7 Å². The van der Waals surface area contributed by atoms with E-state index >= 15 is 0 Å². The molecule has 0 unspecified atom stereocenters. The monoisotopic (exact) mass is 286 g/mol. The SMILES string of the molecule is C[C@@H](O)c1nc2cnc3[nH]ccc3c2n1C[C@H]1CCCO1. The minimum Gasteiger partial charge on any atom is -0.385 e. The van der Waals surface area contributed by atoms with Crippen LogP contribution in [0.25, 0.3) is 22.1 Å². The molecular formula is C15H18N4O2. The predicted octanol–water partition coefficient (Wildman–Crippen LogP) is 2.14. The van der Waals surface area contributed by atoms with Crippen LogP contribution in [0.5, 0.6) is 0 Å². The lowest BCUT2D eigenvalue weighted by atomic mass is 10.2. The summed E-state index contributed by atoms with van der Waals surface area (Å²) in [6.45, 7) is 3.29. The molecule has 0 amide bonds. The average Bonchev–Trinajstić information content (AvgIpc) is 3.16. The average molecular weight is 286 g/mol. The Kier molecular flexibility index (Phi) is 2.94. The van der Waals surface area contributed by atoms with Gasteiger partial charge in [0.2, 0.25) is 0 Å². The van der Waals surface area contributed by atoms with Crippen LogP contribution in [-0.4, -0.2) is 37.3 Å². The summed E-state index contributed by atoms with van der Waals surface area (Å²) in [5, 5.41) is 11.1. The van der Waals surface area contributed by atoms with Gasteiger partial charge in [0, 0.05) is 18.2 Å². The minimum atomic E-state index is -0.618. The highest BCUT2D eigenvalue weighted by molar-refractivity contribution is 6.01. The molecule has 1 aliphatic rings. The van der Waals surface area contributed by atoms with Gasteiger partial charge in [-0.1, -0.05) is 0 Å². The van der Waals surface area contributed by atoms with Crippen LogP contribution in [0.15, 0.2) is 18.5 Å². The Morgan fingerprint density at radius 1 is 1.57 bits per heavy atom. The fourth-order valence-corrected chi connectivity index (χ4v) is 3.14. The molecule has 0 bridgehead atoms. The second-order valence-electron chi connectivity index (χ2n) is 5.62. The summed E-state index contributed by atoms with van der Waals surface area (Å²) in [4.78, 5) is 12.1. The van der Waals surface area contributed by atoms with E-state index in [4.69, 9.17) is 4.74 Å². The van der Waals surface area contributed by atoms with E-state index < -0.39 is 6.10 Å². The van der Waals surface area contributed by atoms with E-state index in [9.17, 15) is 5.11 Å². The van der Waals surface area contributed by atoms with Crippen LogP contribution >= 0.6 is 0 Å². The molecule has 3 aromatic heterocycles. The molecular weight excluding hydrogens is 268 g/mol. The Morgan fingerprint density at radius 2 is 2.48 bits per heavy atom. The number of aromatic nitrogens is 4. The molecule has 6 nitrogen and oxygen atoms in total. The molecule has 1 fully saturated rings. The summed E-state index contributed by atoms with van der Waals surface area (Å²) >= 11 is 0. The van der Waals surface area contributed by atoms with Crippen molar-refractivity contribution in [1.82, 2.24) is 19.5 Å². The second-order valence-corrected chi connectivity index (χ2v) is 5.62. The van der Waals surface area contributed by atoms with E-state index in [-0.39, 0.29) is 6.10 Å². The summed E-state index contributed by atoms with van der Waals surface area (Å²) in [7, 11) is 0. The topological polar surface area (TPSA) is 76.0 Å². The van der Waals surface area contributed by atoms with Gasteiger partial charge in [-0.15, -0.1) is 0 Å². The number of aliphatic hydroxyl groups excluding tert-OH is 1. The summed E-state index contributed by atoms with van der Waals surface area (Å²) in [6.07, 6.45) is 5.37. The first-order chi connectivity index (χ1) is 10.2. The number of nitrogens with one attached hydrogen (secondary N) is 1. The highest BCUT2D eigenvalue weighted by atomic mass is 16.5. The molecule has 110 valence electrons. The summed E-state index contributed by atoms with van der Waals surface area (Å²) < 4.78 is 7.84. The quantitative estimate of drug-likeness (QED) is 0.773. The van der Waals surface area contributed by atoms with E-state index in [2.05, 4.69) is 19.5 Å². The van der Waals surface area contributed by atoms with E-state index in [1.807, 2.05) is 12.3 Å². The Morgan fingerprint density at radius 3 is 3.24 bits per heavy atom. The van der Waals surface area contributed by atoms with Crippen LogP contribution < -0.4 is 0 Å². The normalized spacial score (nSPS) is 20.6. The fourth-order valence-electron chi connectivity index (χ4n) is 3.14. The lowest BCUT2D eigenvalue weighted by molar-refractivity contribution is 0.0940. The molecule has 6 heteroatoms. The number of aromatic amines is 1. The Bertz CT molecular complexity index is 784. The van der Waals surface area contributed by atoms with Crippen molar-refractivity contribution >= 4 is 22.1 Å². The number of rotatable bonds is 3. The predicted molar refractivity (Wildman–Crippen MR) is 79.0 cm³/mol. The zero-order chi connectivity index (χ0) is 14.4. The molecule has 21 heavy (non-hydrogen) atoms. The molecule has 3 aromatic rings. The number of ether oxygens (including phenoxy) is 1. The summed E-state index contributed by atoms with van der Waals surface area (Å²) in [5.74, 6) is 0.677. The smallest absolute Gasteiger partial charge is 0.139 e. The third kappa shape index (κ3) is 2.02. The Labute approximate surface area is 121 Å². The van der Waals surface area contributed by atoms with Gasteiger partial charge in [-0.3, -0.25) is 0 Å². The van der Waals surface area contributed by atoms with Crippen LogP contribution in [0.4, 0.5) is 0 Å². The molecule has 4 rings (SSSR count). The minimum absolute atomic E-state index is 0.196. The van der Waals surface area contributed by atoms with Gasteiger partial charge in [0.1, 0.15) is 23.1 Å². The van der Waals surface area contributed by atoms with Crippen molar-refractivity contribution < 1.29 is 9.84 Å². The van der Waals surface area contributed by atoms with Crippen molar-refractivity contribution in [3.8, 4) is 0 Å². The lowest BCUT2D eigenvalue weighted by Crippen LogP contribution is -2.18. The van der Waals surface area contributed by atoms with Gasteiger partial charge in [-0.25, -0.2) is 9.97 Å². The molecule has 0 aliphatic carbocycles. The molecule has 0 radical (unpaired) electrons. The third-order valence-corrected chi connectivity index (χ3v) is 4.10. The van der Waals surface area contributed by atoms with Gasteiger partial charge < -0.3 is 19.4 Å². The maximum Gasteiger partial charge on any atom is 0.139 e. The number of pyridine rings is 1. The van der Waals surface area contributed by atoms with Gasteiger partial charge in [-0.2, -0.15) is 0 Å². The molecule has 0 spiro atoms. The molecule has 2 N–H and O–H groups in total. The van der Waals surface area contributed by atoms with E-state index in [0.717, 1.165) is 48.1 Å². The maximum atomic E-state index is 10.0. The number of hydrogen-bond acceptors (Lipinski definition) is 4. The van der Waals surface area contributed by atoms with Crippen LogP contribution in [0.2, 0.25) is 0 Å². The standard InChI is InChI=1S/C15H18N4O2/c1-9(20)15-18-12-7-17-14-11(4-5-16-14)13(12)19(15)8-10-3-2-6-21-10/h4-5,7,9-10,20H,2-3,6,8H2,1H3,(H,16,17)/t9-,10-/m1/s1. The van der Waals surface area contributed by atoms with Crippen molar-refractivity contribution in [3.63, 3.8) is 0 Å². The number of hydrogen-bond donors (Lipinski definition) is 2. The molecule has 1 aliphatic heterocycles. The first-order valence-electron chi connectivity index (χ1n) is 7.36. The van der Waals surface area contributed by atoms with Crippen LogP contribution in [0.3, 0.4) is 0 Å². The lowest BCUT2D eigenvalue weighted by Gasteiger charge is -2.15. The summed E-state index contributed by atoms with van der Waals surface area (Å²) in [6, 6.07) is 2.00. The zero-order valence-electron chi connectivity index (χ0n) is 11.9. The van der Waals surface area contributed by atoms with Crippen molar-refractivity contribution in [1.29, 1.82) is 0 Å². The van der Waals surface area contributed by atoms with Crippen LogP contribution in [0, 0.1) is 0 Å². The third-order valence-electron chi connectivity index (χ3n) is 4.10. The molecule has 1 saturated heterocycles. The molecule has 0 aromatic carbocycles. The Balaban J connectivity index is 1.94. The van der Waals surface area contributed by atoms with E-state index in [1.165, 1.54) is 0 Å². The van der Waals surface area contributed by atoms with Crippen molar-refractivity contribution in [2.75, 3.05) is 6.61 Å². The summed E-state index contributed by atoms with van der Waals surface area (Å²) in [5.41, 5.74) is 2.68. The van der Waals surface area contributed by atoms with Gasteiger partial charge in [0.15, 0.2) is 0 Å². The van der Waals surface area contributed by atoms with E-state index in [1.54, 1.807) is 13.1 Å². The number of aliphatic hydroxyl groups is 1. The van der Waals surface area contributed by atoms with Crippen molar-refractivity contribution in [2.45, 2.75) is 38.5 Å². The highest BCUT2D eigenvalue weighted by Gasteiger charge is 2.23. The van der Waals surface area contributed by atoms with Gasteiger partial charge >= 0.3 is 0 Å². The first-order valence-corrected chi connectivity index (χ1v) is 7.36. The number of H-pyrrole nitrogens is 1. The molecule has 4 heterocycles. The zero-order valence-corrected chi connectivity index (χ0v) is 11.9. The van der Waals surface area contributed by atoms with Gasteiger partial charge in [0.05, 0.1) is 24.4 Å². The first kappa shape index (κ1) is 12.8. The number of fused-ring (bicyclic) bond motifs is 3. The largest absolute Gasteiger partial charge is 0.385 e. The van der Waals surface area contributed by atoms with E-state index in [0.29, 0.717) is 5.82 Å². The Hall–Kier alpha value is -1.92.